The van der Waals surface area contributed by atoms with Crippen LogP contribution in [-0.2, 0) is 9.79 Å². The van der Waals surface area contributed by atoms with E-state index in [1.54, 1.807) is 6.92 Å². The van der Waals surface area contributed by atoms with E-state index in [1.165, 1.54) is 11.8 Å². The molecule has 0 bridgehead atoms. The molecular formula is C30H23ClN4OS. The van der Waals surface area contributed by atoms with Gasteiger partial charge in [0.2, 0.25) is 4.99 Å². The summed E-state index contributed by atoms with van der Waals surface area (Å²) in [5, 5.41) is 15.3. The number of aryl methyl sites for hydroxylation is 1. The molecule has 182 valence electrons. The van der Waals surface area contributed by atoms with E-state index in [-0.39, 0.29) is 5.78 Å². The third kappa shape index (κ3) is 3.84. The Kier molecular flexibility index (Phi) is 5.86. The summed E-state index contributed by atoms with van der Waals surface area (Å²) in [4.78, 5) is 11.8. The van der Waals surface area contributed by atoms with Gasteiger partial charge in [0.15, 0.2) is 10.8 Å². The second-order valence-corrected chi connectivity index (χ2v) is 10.5. The quantitative estimate of drug-likeness (QED) is 0.284. The van der Waals surface area contributed by atoms with E-state index in [0.717, 1.165) is 39.3 Å². The highest BCUT2D eigenvalue weighted by Crippen LogP contribution is 2.55. The Balaban J connectivity index is 1.68. The lowest BCUT2D eigenvalue weighted by atomic mass is 9.93. The molecule has 0 N–H and O–H groups in total. The van der Waals surface area contributed by atoms with Gasteiger partial charge >= 0.3 is 0 Å². The largest absolute Gasteiger partial charge is 0.292 e. The summed E-state index contributed by atoms with van der Waals surface area (Å²) >= 11 is 7.64. The average Bonchev–Trinajstić information content (AvgIpc) is 3.31. The molecule has 0 fully saturated rings. The Morgan fingerprint density at radius 2 is 1.49 bits per heavy atom. The zero-order chi connectivity index (χ0) is 25.6. The Hall–Kier alpha value is -3.87. The van der Waals surface area contributed by atoms with Crippen LogP contribution < -0.4 is 10.0 Å². The molecule has 6 rings (SSSR count). The van der Waals surface area contributed by atoms with Gasteiger partial charge in [-0.1, -0.05) is 84.4 Å². The second-order valence-electron chi connectivity index (χ2n) is 8.92. The van der Waals surface area contributed by atoms with Crippen molar-refractivity contribution >= 4 is 51.3 Å². The van der Waals surface area contributed by atoms with E-state index >= 15 is 0 Å². The molecule has 0 saturated heterocycles. The van der Waals surface area contributed by atoms with E-state index in [0.29, 0.717) is 10.1 Å². The molecule has 0 saturated carbocycles. The number of hydrogen-bond donors (Lipinski definition) is 0. The molecule has 2 aliphatic rings. The Morgan fingerprint density at radius 1 is 0.811 bits per heavy atom. The van der Waals surface area contributed by atoms with E-state index in [9.17, 15) is 4.79 Å². The number of carbonyl (C=O) groups excluding carboxylic acids is 1. The minimum absolute atomic E-state index is 0.0848. The second kappa shape index (κ2) is 9.21. The van der Waals surface area contributed by atoms with Crippen LogP contribution in [-0.4, -0.2) is 16.5 Å². The zero-order valence-corrected chi connectivity index (χ0v) is 21.9. The van der Waals surface area contributed by atoms with Gasteiger partial charge in [-0.05, 0) is 54.6 Å². The van der Waals surface area contributed by atoms with Crippen molar-refractivity contribution in [3.8, 4) is 0 Å². The number of fused-ring (bicyclic) bond motifs is 2. The number of benzene rings is 4. The van der Waals surface area contributed by atoms with Crippen LogP contribution in [0.4, 0.5) is 11.4 Å². The van der Waals surface area contributed by atoms with Gasteiger partial charge in [0, 0.05) is 28.6 Å². The molecule has 2 aliphatic heterocycles. The van der Waals surface area contributed by atoms with E-state index in [4.69, 9.17) is 21.8 Å². The third-order valence-corrected chi connectivity index (χ3v) is 8.17. The number of nitrogens with zero attached hydrogens (tertiary/aromatic N) is 4. The number of hydrogen-bond acceptors (Lipinski definition) is 6. The van der Waals surface area contributed by atoms with Crippen LogP contribution in [0.15, 0.2) is 113 Å². The summed E-state index contributed by atoms with van der Waals surface area (Å²) in [5.41, 5.74) is 6.58. The monoisotopic (exact) mass is 522 g/mol. The lowest BCUT2D eigenvalue weighted by Crippen LogP contribution is -2.54. The molecule has 4 aromatic rings. The zero-order valence-electron chi connectivity index (χ0n) is 20.3. The molecule has 5 nitrogen and oxygen atoms in total. The first kappa shape index (κ1) is 23.5. The van der Waals surface area contributed by atoms with Crippen molar-refractivity contribution in [2.24, 2.45) is 10.2 Å². The van der Waals surface area contributed by atoms with Crippen LogP contribution >= 0.6 is 23.4 Å². The van der Waals surface area contributed by atoms with Crippen molar-refractivity contribution in [2.45, 2.75) is 18.8 Å². The number of Topliss-reactive ketones (excluding diaryl/α,β-unsaturated/α-hetero) is 1. The van der Waals surface area contributed by atoms with Crippen LogP contribution in [0.3, 0.4) is 0 Å². The lowest BCUT2D eigenvalue weighted by Gasteiger charge is -2.47. The van der Waals surface area contributed by atoms with Crippen molar-refractivity contribution in [1.29, 1.82) is 0 Å². The molecule has 4 aromatic carbocycles. The highest BCUT2D eigenvalue weighted by Gasteiger charge is 2.56. The average molecular weight is 523 g/mol. The summed E-state index contributed by atoms with van der Waals surface area (Å²) in [7, 11) is 0. The van der Waals surface area contributed by atoms with Gasteiger partial charge in [-0.25, -0.2) is 10.0 Å². The molecule has 37 heavy (non-hydrogen) atoms. The Labute approximate surface area is 225 Å². The van der Waals surface area contributed by atoms with Crippen LogP contribution in [0, 0.1) is 6.92 Å². The molecule has 2 heterocycles. The summed E-state index contributed by atoms with van der Waals surface area (Å²) in [6.07, 6.45) is 0. The fourth-order valence-electron chi connectivity index (χ4n) is 4.75. The summed E-state index contributed by atoms with van der Waals surface area (Å²) in [5.74, 6) is -0.0848. The first-order chi connectivity index (χ1) is 18.0. The van der Waals surface area contributed by atoms with Gasteiger partial charge in [0.1, 0.15) is 0 Å². The first-order valence-corrected chi connectivity index (χ1v) is 13.1. The number of anilines is 2. The van der Waals surface area contributed by atoms with E-state index < -0.39 is 4.99 Å². The summed E-state index contributed by atoms with van der Waals surface area (Å²) in [6.45, 7) is 3.61. The summed E-state index contributed by atoms with van der Waals surface area (Å²) < 4.78 is 0. The van der Waals surface area contributed by atoms with Crippen LogP contribution in [0.5, 0.6) is 0 Å². The highest BCUT2D eigenvalue weighted by molar-refractivity contribution is 8.17. The van der Waals surface area contributed by atoms with Crippen molar-refractivity contribution in [3.05, 3.63) is 130 Å². The molecule has 0 aromatic heterocycles. The minimum atomic E-state index is -0.957. The summed E-state index contributed by atoms with van der Waals surface area (Å²) in [6, 6.07) is 34.1. The molecule has 7 heteroatoms. The minimum Gasteiger partial charge on any atom is -0.292 e. The SMILES string of the molecule is CC(=O)C1=NN(c2ccccc2C)[C@]2(S1)c1ccccc1C(c1ccc(Cl)cc1)=NN2c1ccccc1. The number of ketones is 1. The molecule has 0 aliphatic carbocycles. The highest BCUT2D eigenvalue weighted by atomic mass is 35.5. The topological polar surface area (TPSA) is 48.3 Å². The van der Waals surface area contributed by atoms with Crippen LogP contribution in [0.25, 0.3) is 0 Å². The maximum Gasteiger partial charge on any atom is 0.234 e. The molecular weight excluding hydrogens is 500 g/mol. The predicted octanol–water partition coefficient (Wildman–Crippen LogP) is 7.19. The van der Waals surface area contributed by atoms with Gasteiger partial charge in [-0.15, -0.1) is 0 Å². The molecule has 0 amide bonds. The van der Waals surface area contributed by atoms with Crippen molar-refractivity contribution in [2.75, 3.05) is 10.0 Å². The van der Waals surface area contributed by atoms with Gasteiger partial charge < -0.3 is 0 Å². The third-order valence-electron chi connectivity index (χ3n) is 6.50. The number of carbonyl (C=O) groups is 1. The maximum absolute atomic E-state index is 12.8. The maximum atomic E-state index is 12.8. The lowest BCUT2D eigenvalue weighted by molar-refractivity contribution is -0.110. The fourth-order valence-corrected chi connectivity index (χ4v) is 6.16. The number of hydrazone groups is 2. The molecule has 1 atom stereocenters. The normalized spacial score (nSPS) is 18.5. The van der Waals surface area contributed by atoms with Gasteiger partial charge in [0.05, 0.1) is 17.1 Å². The van der Waals surface area contributed by atoms with Crippen LogP contribution in [0.1, 0.15) is 29.2 Å². The van der Waals surface area contributed by atoms with Crippen molar-refractivity contribution < 1.29 is 4.79 Å². The van der Waals surface area contributed by atoms with Gasteiger partial charge in [-0.3, -0.25) is 4.79 Å². The smallest absolute Gasteiger partial charge is 0.234 e. The number of rotatable bonds is 4. The Morgan fingerprint density at radius 3 is 2.22 bits per heavy atom. The molecule has 0 unspecified atom stereocenters. The van der Waals surface area contributed by atoms with Crippen molar-refractivity contribution in [3.63, 3.8) is 0 Å². The predicted molar refractivity (Wildman–Crippen MR) is 153 cm³/mol. The van der Waals surface area contributed by atoms with Gasteiger partial charge in [-0.2, -0.15) is 10.2 Å². The Bertz CT molecular complexity index is 1570. The number of thioether (sulfide) groups is 1. The van der Waals surface area contributed by atoms with Crippen molar-refractivity contribution in [1.82, 2.24) is 0 Å². The standard InChI is InChI=1S/C30H23ClN4OS/c1-20-10-6-9-15-27(20)35-30(37-29(33-35)21(2)36)26-14-8-7-13-25(26)28(22-16-18-23(31)19-17-22)32-34(30)24-11-4-3-5-12-24/h3-19H,1-2H3/t30-/m0/s1. The molecule has 1 spiro atoms. The number of halogens is 1. The van der Waals surface area contributed by atoms with Crippen LogP contribution in [0.2, 0.25) is 5.02 Å². The van der Waals surface area contributed by atoms with E-state index in [1.807, 2.05) is 94.9 Å². The number of para-hydroxylation sites is 2. The van der Waals surface area contributed by atoms with E-state index in [2.05, 4.69) is 25.1 Å². The fraction of sp³-hybridized carbons (Fsp3) is 0.100. The van der Waals surface area contributed by atoms with Gasteiger partial charge in [0.25, 0.3) is 0 Å². The first-order valence-electron chi connectivity index (χ1n) is 11.9. The molecule has 0 radical (unpaired) electrons.